The van der Waals surface area contributed by atoms with Gasteiger partial charge in [-0.3, -0.25) is 0 Å². The lowest BCUT2D eigenvalue weighted by molar-refractivity contribution is 0.107. The third-order valence-corrected chi connectivity index (χ3v) is 4.46. The molecule has 0 aromatic carbocycles. The van der Waals surface area contributed by atoms with Crippen molar-refractivity contribution in [3.05, 3.63) is 0 Å². The second-order valence-electron chi connectivity index (χ2n) is 5.29. The third kappa shape index (κ3) is 1.24. The Balaban J connectivity index is 2.04. The van der Waals surface area contributed by atoms with Crippen molar-refractivity contribution < 1.29 is 5.21 Å². The molecule has 84 valence electrons. The molecule has 4 heteroatoms. The summed E-state index contributed by atoms with van der Waals surface area (Å²) in [5.74, 6) is 0.472. The first kappa shape index (κ1) is 9.60. The van der Waals surface area contributed by atoms with Gasteiger partial charge in [0.25, 0.3) is 0 Å². The fourth-order valence-corrected chi connectivity index (χ4v) is 3.70. The predicted octanol–water partition coefficient (Wildman–Crippen LogP) is 0.474. The Kier molecular flexibility index (Phi) is 2.04. The monoisotopic (exact) mass is 209 g/mol. The molecule has 2 atom stereocenters. The fourth-order valence-electron chi connectivity index (χ4n) is 3.70. The molecule has 0 aromatic heterocycles. The van der Waals surface area contributed by atoms with Gasteiger partial charge in [0.05, 0.1) is 5.71 Å². The van der Waals surface area contributed by atoms with E-state index in [9.17, 15) is 5.21 Å². The standard InChI is InChI=1S/C11H19N3O/c1-2-11-7-13-3-4-14(8-11)6-9(5-13)10(11)12-15/h9,15H,2-8H2,1H3/b12-10+. The summed E-state index contributed by atoms with van der Waals surface area (Å²) in [6, 6.07) is 0. The van der Waals surface area contributed by atoms with Crippen molar-refractivity contribution in [1.82, 2.24) is 9.80 Å². The average Bonchev–Trinajstić information content (AvgIpc) is 2.47. The molecule has 0 spiro atoms. The van der Waals surface area contributed by atoms with Gasteiger partial charge < -0.3 is 15.0 Å². The van der Waals surface area contributed by atoms with Crippen LogP contribution in [0.3, 0.4) is 0 Å². The van der Waals surface area contributed by atoms with E-state index in [0.29, 0.717) is 5.92 Å². The number of rotatable bonds is 1. The van der Waals surface area contributed by atoms with Gasteiger partial charge in [0.1, 0.15) is 0 Å². The third-order valence-electron chi connectivity index (χ3n) is 4.46. The summed E-state index contributed by atoms with van der Waals surface area (Å²) in [4.78, 5) is 5.10. The molecular weight excluding hydrogens is 190 g/mol. The summed E-state index contributed by atoms with van der Waals surface area (Å²) >= 11 is 0. The first-order chi connectivity index (χ1) is 7.27. The van der Waals surface area contributed by atoms with Crippen LogP contribution in [-0.2, 0) is 0 Å². The molecule has 4 heterocycles. The normalized spacial score (nSPS) is 51.0. The molecule has 4 saturated heterocycles. The van der Waals surface area contributed by atoms with Gasteiger partial charge in [0.15, 0.2) is 0 Å². The van der Waals surface area contributed by atoms with Crippen LogP contribution in [0, 0.1) is 11.3 Å². The first-order valence-electron chi connectivity index (χ1n) is 5.94. The van der Waals surface area contributed by atoms with E-state index in [-0.39, 0.29) is 5.41 Å². The molecule has 0 aliphatic carbocycles. The topological polar surface area (TPSA) is 39.1 Å². The number of piperidine rings is 2. The van der Waals surface area contributed by atoms with E-state index in [1.807, 2.05) is 0 Å². The average molecular weight is 209 g/mol. The van der Waals surface area contributed by atoms with Gasteiger partial charge in [-0.05, 0) is 6.42 Å². The minimum absolute atomic E-state index is 0.145. The van der Waals surface area contributed by atoms with E-state index in [4.69, 9.17) is 0 Å². The number of fused-ring (bicyclic) bond motifs is 1. The number of hydrogen-bond donors (Lipinski definition) is 1. The summed E-state index contributed by atoms with van der Waals surface area (Å²) in [7, 11) is 0. The van der Waals surface area contributed by atoms with Crippen LogP contribution in [0.25, 0.3) is 0 Å². The lowest BCUT2D eigenvalue weighted by atomic mass is 9.69. The van der Waals surface area contributed by atoms with Gasteiger partial charge in [-0.1, -0.05) is 12.1 Å². The van der Waals surface area contributed by atoms with Crippen molar-refractivity contribution in [2.75, 3.05) is 39.3 Å². The van der Waals surface area contributed by atoms with E-state index < -0.39 is 0 Å². The number of nitrogens with zero attached hydrogens (tertiary/aromatic N) is 3. The highest BCUT2D eigenvalue weighted by atomic mass is 16.4. The molecule has 4 rings (SSSR count). The second-order valence-corrected chi connectivity index (χ2v) is 5.29. The Hall–Kier alpha value is -0.610. The molecule has 4 aliphatic heterocycles. The quantitative estimate of drug-likeness (QED) is 0.504. The smallest absolute Gasteiger partial charge is 0.0714 e. The Morgan fingerprint density at radius 3 is 2.40 bits per heavy atom. The van der Waals surface area contributed by atoms with Gasteiger partial charge >= 0.3 is 0 Å². The van der Waals surface area contributed by atoms with Crippen LogP contribution in [0.4, 0.5) is 0 Å². The zero-order valence-corrected chi connectivity index (χ0v) is 9.32. The minimum Gasteiger partial charge on any atom is -0.411 e. The van der Waals surface area contributed by atoms with Crippen molar-refractivity contribution in [3.8, 4) is 0 Å². The first-order valence-corrected chi connectivity index (χ1v) is 5.94. The van der Waals surface area contributed by atoms with E-state index in [1.165, 1.54) is 13.1 Å². The summed E-state index contributed by atoms with van der Waals surface area (Å²) in [5.41, 5.74) is 1.23. The zero-order valence-electron chi connectivity index (χ0n) is 9.32. The highest BCUT2D eigenvalue weighted by Crippen LogP contribution is 2.40. The van der Waals surface area contributed by atoms with E-state index in [0.717, 1.165) is 38.3 Å². The maximum atomic E-state index is 9.24. The molecule has 0 aromatic rings. The van der Waals surface area contributed by atoms with E-state index in [2.05, 4.69) is 21.9 Å². The molecule has 4 nitrogen and oxygen atoms in total. The van der Waals surface area contributed by atoms with Crippen molar-refractivity contribution >= 4 is 5.71 Å². The van der Waals surface area contributed by atoms with E-state index >= 15 is 0 Å². The Morgan fingerprint density at radius 1 is 1.33 bits per heavy atom. The lowest BCUT2D eigenvalue weighted by Crippen LogP contribution is -2.61. The molecule has 1 N–H and O–H groups in total. The maximum Gasteiger partial charge on any atom is 0.0714 e. The van der Waals surface area contributed by atoms with Gasteiger partial charge in [-0.25, -0.2) is 0 Å². The zero-order chi connectivity index (χ0) is 10.5. The van der Waals surface area contributed by atoms with Crippen molar-refractivity contribution in [2.24, 2.45) is 16.5 Å². The van der Waals surface area contributed by atoms with Gasteiger partial charge in [-0.15, -0.1) is 0 Å². The van der Waals surface area contributed by atoms with Gasteiger partial charge in [-0.2, -0.15) is 0 Å². The molecule has 0 radical (unpaired) electrons. The van der Waals surface area contributed by atoms with Crippen LogP contribution in [0.1, 0.15) is 13.3 Å². The van der Waals surface area contributed by atoms with Crippen molar-refractivity contribution in [1.29, 1.82) is 0 Å². The molecule has 4 fully saturated rings. The van der Waals surface area contributed by atoms with Crippen LogP contribution in [0.5, 0.6) is 0 Å². The minimum atomic E-state index is 0.145. The Bertz CT molecular complexity index is 286. The fraction of sp³-hybridized carbons (Fsp3) is 0.909. The highest BCUT2D eigenvalue weighted by Gasteiger charge is 2.51. The summed E-state index contributed by atoms with van der Waals surface area (Å²) in [5, 5.41) is 12.9. The number of oxime groups is 1. The van der Waals surface area contributed by atoms with Crippen LogP contribution in [-0.4, -0.2) is 60.0 Å². The summed E-state index contributed by atoms with van der Waals surface area (Å²) < 4.78 is 0. The maximum absolute atomic E-state index is 9.24. The summed E-state index contributed by atoms with van der Waals surface area (Å²) in [6.07, 6.45) is 1.09. The lowest BCUT2D eigenvalue weighted by Gasteiger charge is -2.49. The SMILES string of the molecule is CCC12CN3CCN(CC(C3)/C1=N\O)C2. The largest absolute Gasteiger partial charge is 0.411 e. The van der Waals surface area contributed by atoms with Crippen LogP contribution in [0.15, 0.2) is 5.16 Å². The molecule has 2 unspecified atom stereocenters. The van der Waals surface area contributed by atoms with Crippen LogP contribution >= 0.6 is 0 Å². The molecule has 0 saturated carbocycles. The Labute approximate surface area is 90.5 Å². The van der Waals surface area contributed by atoms with Gasteiger partial charge in [0.2, 0.25) is 0 Å². The van der Waals surface area contributed by atoms with Gasteiger partial charge in [0, 0.05) is 50.6 Å². The van der Waals surface area contributed by atoms with Crippen molar-refractivity contribution in [3.63, 3.8) is 0 Å². The van der Waals surface area contributed by atoms with E-state index in [1.54, 1.807) is 0 Å². The molecular formula is C11H19N3O. The van der Waals surface area contributed by atoms with Crippen molar-refractivity contribution in [2.45, 2.75) is 13.3 Å². The second kappa shape index (κ2) is 3.19. The van der Waals surface area contributed by atoms with Crippen LogP contribution in [0.2, 0.25) is 0 Å². The molecule has 4 bridgehead atoms. The number of hydrogen-bond acceptors (Lipinski definition) is 4. The Morgan fingerprint density at radius 2 is 1.93 bits per heavy atom. The molecule has 0 amide bonds. The predicted molar refractivity (Wildman–Crippen MR) is 58.3 cm³/mol. The highest BCUT2D eigenvalue weighted by molar-refractivity contribution is 5.94. The molecule has 15 heavy (non-hydrogen) atoms. The van der Waals surface area contributed by atoms with Crippen LogP contribution < -0.4 is 0 Å². The summed E-state index contributed by atoms with van der Waals surface area (Å²) in [6.45, 7) is 8.98. The molecule has 4 aliphatic rings.